The Kier molecular flexibility index (Phi) is 7.95. The Balaban J connectivity index is 1.20. The number of fused-ring (bicyclic) bond motifs is 1. The average molecular weight is 561 g/mol. The van der Waals surface area contributed by atoms with Crippen molar-refractivity contribution in [2.45, 2.75) is 57.3 Å². The number of hydrogen-bond acceptors (Lipinski definition) is 4. The molecule has 1 fully saturated rings. The fourth-order valence-electron chi connectivity index (χ4n) is 6.06. The maximum absolute atomic E-state index is 13.4. The number of para-hydroxylation sites is 1. The molecule has 6 rings (SSSR count). The number of H-pyrrole nitrogens is 1. The number of aromatic nitrogens is 1. The maximum Gasteiger partial charge on any atom is 0.343 e. The van der Waals surface area contributed by atoms with E-state index >= 15 is 0 Å². The number of hydrogen-bond donors (Lipinski definition) is 3. The zero-order valence-electron chi connectivity index (χ0n) is 23.8. The molecule has 1 amide bonds. The predicted octanol–water partition coefficient (Wildman–Crippen LogP) is 7.68. The molecule has 214 valence electrons. The summed E-state index contributed by atoms with van der Waals surface area (Å²) in [5.41, 5.74) is 4.72. The van der Waals surface area contributed by atoms with Crippen LogP contribution in [0, 0.1) is 5.92 Å². The molecular weight excluding hydrogens is 524 g/mol. The highest BCUT2D eigenvalue weighted by Gasteiger charge is 2.37. The Hall–Kier alpha value is -4.58. The summed E-state index contributed by atoms with van der Waals surface area (Å²) >= 11 is 0. The monoisotopic (exact) mass is 560 g/mol. The molecule has 6 heteroatoms. The normalized spacial score (nSPS) is 14.5. The molecule has 2 atom stereocenters. The molecule has 2 unspecified atom stereocenters. The van der Waals surface area contributed by atoms with Gasteiger partial charge in [-0.05, 0) is 72.9 Å². The summed E-state index contributed by atoms with van der Waals surface area (Å²) in [5.74, 6) is 0.353. The number of benzene rings is 3. The first-order valence-electron chi connectivity index (χ1n) is 14.9. The lowest BCUT2D eigenvalue weighted by molar-refractivity contribution is -0.116. The third-order valence-electron chi connectivity index (χ3n) is 8.44. The van der Waals surface area contributed by atoms with E-state index in [0.29, 0.717) is 29.9 Å². The second-order valence-electron chi connectivity index (χ2n) is 11.4. The van der Waals surface area contributed by atoms with Crippen molar-refractivity contribution in [2.24, 2.45) is 5.92 Å². The maximum atomic E-state index is 13.4. The third-order valence-corrected chi connectivity index (χ3v) is 8.44. The molecule has 1 saturated carbocycles. The summed E-state index contributed by atoms with van der Waals surface area (Å²) in [5, 5.41) is 15.4. The van der Waals surface area contributed by atoms with Gasteiger partial charge in [0.15, 0.2) is 0 Å². The first-order valence-corrected chi connectivity index (χ1v) is 14.9. The lowest BCUT2D eigenvalue weighted by atomic mass is 9.86. The molecule has 0 radical (unpaired) electrons. The minimum absolute atomic E-state index is 0.0118. The molecular formula is C36H36N2O4. The molecule has 0 aliphatic heterocycles. The summed E-state index contributed by atoms with van der Waals surface area (Å²) in [6.07, 6.45) is 6.40. The molecule has 3 N–H and O–H groups in total. The molecule has 3 aromatic carbocycles. The van der Waals surface area contributed by atoms with Crippen LogP contribution in [-0.2, 0) is 17.6 Å². The molecule has 0 bridgehead atoms. The fraction of sp³-hybridized carbons (Fsp3) is 0.278. The van der Waals surface area contributed by atoms with E-state index in [1.54, 1.807) is 6.07 Å². The SMILES string of the molecule is CCC(Cc1ccccc1)c1cc(O)c(C(c2cccc(NC(=O)CCc3c[nH]c4ccccc34)c2)C2CC2)c(=O)o1. The van der Waals surface area contributed by atoms with E-state index in [1.807, 2.05) is 66.9 Å². The zero-order chi connectivity index (χ0) is 29.1. The first kappa shape index (κ1) is 27.6. The van der Waals surface area contributed by atoms with Gasteiger partial charge in [-0.15, -0.1) is 0 Å². The number of nitrogens with one attached hydrogen (secondary N) is 2. The van der Waals surface area contributed by atoms with Crippen molar-refractivity contribution in [3.05, 3.63) is 130 Å². The highest BCUT2D eigenvalue weighted by atomic mass is 16.4. The van der Waals surface area contributed by atoms with Crippen LogP contribution in [0.15, 0.2) is 100 Å². The van der Waals surface area contributed by atoms with Crippen LogP contribution in [0.4, 0.5) is 5.69 Å². The lowest BCUT2D eigenvalue weighted by Crippen LogP contribution is -2.18. The molecule has 0 spiro atoms. The smallest absolute Gasteiger partial charge is 0.343 e. The predicted molar refractivity (Wildman–Crippen MR) is 166 cm³/mol. The summed E-state index contributed by atoms with van der Waals surface area (Å²) in [4.78, 5) is 29.6. The first-order chi connectivity index (χ1) is 20.5. The van der Waals surface area contributed by atoms with Crippen LogP contribution in [0.3, 0.4) is 0 Å². The van der Waals surface area contributed by atoms with E-state index in [4.69, 9.17) is 4.42 Å². The van der Waals surface area contributed by atoms with Gasteiger partial charge >= 0.3 is 5.63 Å². The van der Waals surface area contributed by atoms with Crippen molar-refractivity contribution in [2.75, 3.05) is 5.32 Å². The fourth-order valence-corrected chi connectivity index (χ4v) is 6.06. The summed E-state index contributed by atoms with van der Waals surface area (Å²) < 4.78 is 5.90. The summed E-state index contributed by atoms with van der Waals surface area (Å²) in [7, 11) is 0. The van der Waals surface area contributed by atoms with E-state index in [0.717, 1.165) is 53.3 Å². The van der Waals surface area contributed by atoms with Gasteiger partial charge in [-0.2, -0.15) is 0 Å². The second-order valence-corrected chi connectivity index (χ2v) is 11.4. The van der Waals surface area contributed by atoms with Crippen molar-refractivity contribution in [3.63, 3.8) is 0 Å². The van der Waals surface area contributed by atoms with Gasteiger partial charge in [0.25, 0.3) is 0 Å². The van der Waals surface area contributed by atoms with Crippen LogP contribution in [-0.4, -0.2) is 16.0 Å². The van der Waals surface area contributed by atoms with Gasteiger partial charge in [0.1, 0.15) is 11.5 Å². The van der Waals surface area contributed by atoms with Gasteiger partial charge in [0.05, 0.1) is 5.56 Å². The highest BCUT2D eigenvalue weighted by molar-refractivity contribution is 5.91. The van der Waals surface area contributed by atoms with Crippen LogP contribution >= 0.6 is 0 Å². The number of carbonyl (C=O) groups is 1. The van der Waals surface area contributed by atoms with Crippen LogP contribution in [0.1, 0.15) is 72.5 Å². The Morgan fingerprint density at radius 2 is 1.81 bits per heavy atom. The quantitative estimate of drug-likeness (QED) is 0.154. The molecule has 2 aromatic heterocycles. The van der Waals surface area contributed by atoms with Gasteiger partial charge < -0.3 is 19.8 Å². The molecule has 5 aromatic rings. The molecule has 2 heterocycles. The number of aromatic amines is 1. The minimum Gasteiger partial charge on any atom is -0.507 e. The van der Waals surface area contributed by atoms with Crippen LogP contribution in [0.5, 0.6) is 5.75 Å². The van der Waals surface area contributed by atoms with Crippen LogP contribution in [0.25, 0.3) is 10.9 Å². The second kappa shape index (κ2) is 12.1. The Labute approximate surface area is 245 Å². The molecule has 0 saturated heterocycles. The van der Waals surface area contributed by atoms with E-state index in [1.165, 1.54) is 0 Å². The Bertz CT molecular complexity index is 1750. The lowest BCUT2D eigenvalue weighted by Gasteiger charge is -2.20. The third kappa shape index (κ3) is 6.03. The molecule has 1 aliphatic rings. The largest absolute Gasteiger partial charge is 0.507 e. The van der Waals surface area contributed by atoms with Crippen LogP contribution in [0.2, 0.25) is 0 Å². The van der Waals surface area contributed by atoms with Gasteiger partial charge in [-0.25, -0.2) is 4.79 Å². The number of aromatic hydroxyl groups is 1. The Morgan fingerprint density at radius 1 is 1.02 bits per heavy atom. The van der Waals surface area contributed by atoms with Crippen molar-refractivity contribution < 1.29 is 14.3 Å². The van der Waals surface area contributed by atoms with Crippen molar-refractivity contribution in [1.29, 1.82) is 0 Å². The number of anilines is 1. The van der Waals surface area contributed by atoms with Crippen molar-refractivity contribution in [3.8, 4) is 5.75 Å². The number of aryl methyl sites for hydroxylation is 1. The van der Waals surface area contributed by atoms with E-state index in [9.17, 15) is 14.7 Å². The van der Waals surface area contributed by atoms with Crippen LogP contribution < -0.4 is 10.9 Å². The van der Waals surface area contributed by atoms with E-state index < -0.39 is 5.63 Å². The van der Waals surface area contributed by atoms with Gasteiger partial charge in [-0.3, -0.25) is 4.79 Å². The zero-order valence-corrected chi connectivity index (χ0v) is 23.8. The van der Waals surface area contributed by atoms with E-state index in [2.05, 4.69) is 35.4 Å². The van der Waals surface area contributed by atoms with Gasteiger partial charge in [0.2, 0.25) is 5.91 Å². The Morgan fingerprint density at radius 3 is 2.57 bits per heavy atom. The standard InChI is InChI=1S/C36H36N2O4/c1-2-24(19-23-9-4-3-5-10-23)32-21-31(39)35(36(41)42-32)34(25-15-16-25)26-11-8-12-28(20-26)38-33(40)18-17-27-22-37-30-14-7-6-13-29(27)30/h3-14,20-22,24-25,34,37,39H,2,15-19H2,1H3,(H,38,40). The summed E-state index contributed by atoms with van der Waals surface area (Å²) in [6, 6.07) is 27.4. The topological polar surface area (TPSA) is 95.3 Å². The van der Waals surface area contributed by atoms with Crippen molar-refractivity contribution >= 4 is 22.5 Å². The number of amides is 1. The molecule has 6 nitrogen and oxygen atoms in total. The average Bonchev–Trinajstić information content (AvgIpc) is 3.75. The van der Waals surface area contributed by atoms with Gasteiger partial charge in [-0.1, -0.05) is 67.6 Å². The number of rotatable bonds is 11. The molecule has 1 aliphatic carbocycles. The molecule has 42 heavy (non-hydrogen) atoms. The highest BCUT2D eigenvalue weighted by Crippen LogP contribution is 2.48. The van der Waals surface area contributed by atoms with Crippen molar-refractivity contribution in [1.82, 2.24) is 4.98 Å². The summed E-state index contributed by atoms with van der Waals surface area (Å²) in [6.45, 7) is 2.06. The van der Waals surface area contributed by atoms with E-state index in [-0.39, 0.29) is 29.4 Å². The minimum atomic E-state index is -0.485. The number of carbonyl (C=O) groups excluding carboxylic acids is 1. The van der Waals surface area contributed by atoms with Gasteiger partial charge in [0, 0.05) is 47.1 Å².